The van der Waals surface area contributed by atoms with Crippen LogP contribution in [0.5, 0.6) is 0 Å². The van der Waals surface area contributed by atoms with Crippen molar-refractivity contribution in [2.75, 3.05) is 44.3 Å². The summed E-state index contributed by atoms with van der Waals surface area (Å²) in [6.07, 6.45) is 0.714. The summed E-state index contributed by atoms with van der Waals surface area (Å²) in [5, 5.41) is 4.74. The van der Waals surface area contributed by atoms with Gasteiger partial charge in [-0.2, -0.15) is 5.10 Å². The van der Waals surface area contributed by atoms with E-state index in [-0.39, 0.29) is 11.4 Å². The molecule has 31 heavy (non-hydrogen) atoms. The number of hydrogen-bond donors (Lipinski definition) is 0. The Kier molecular flexibility index (Phi) is 6.59. The number of carbonyl (C=O) groups is 1. The van der Waals surface area contributed by atoms with Gasteiger partial charge in [0, 0.05) is 44.5 Å². The van der Waals surface area contributed by atoms with Crippen LogP contribution in [-0.4, -0.2) is 65.0 Å². The van der Waals surface area contributed by atoms with Crippen LogP contribution in [-0.2, 0) is 11.3 Å². The maximum absolute atomic E-state index is 14.2. The van der Waals surface area contributed by atoms with Crippen molar-refractivity contribution in [1.82, 2.24) is 19.7 Å². The number of amides is 1. The van der Waals surface area contributed by atoms with Gasteiger partial charge in [-0.15, -0.1) is 0 Å². The second-order valence-electron chi connectivity index (χ2n) is 7.48. The van der Waals surface area contributed by atoms with Crippen molar-refractivity contribution in [3.63, 3.8) is 0 Å². The zero-order valence-electron chi connectivity index (χ0n) is 17.6. The molecular formula is C21H25F2N5O2S. The highest BCUT2D eigenvalue weighted by Crippen LogP contribution is 2.32. The quantitative estimate of drug-likeness (QED) is 0.553. The van der Waals surface area contributed by atoms with Gasteiger partial charge >= 0.3 is 0 Å². The number of aryl methyl sites for hydroxylation is 2. The number of nitrogens with zero attached hydrogens (tertiary/aromatic N) is 5. The molecule has 1 saturated heterocycles. The molecule has 0 aliphatic carbocycles. The minimum absolute atomic E-state index is 0.0719. The second kappa shape index (κ2) is 9.37. The number of hydrogen-bond acceptors (Lipinski definition) is 6. The Morgan fingerprint density at radius 1 is 1.26 bits per heavy atom. The van der Waals surface area contributed by atoms with E-state index in [0.717, 1.165) is 42.7 Å². The lowest BCUT2D eigenvalue weighted by molar-refractivity contribution is 0.0376. The highest BCUT2D eigenvalue weighted by molar-refractivity contribution is 7.22. The van der Waals surface area contributed by atoms with E-state index >= 15 is 0 Å². The third-order valence-electron chi connectivity index (χ3n) is 5.34. The van der Waals surface area contributed by atoms with E-state index in [4.69, 9.17) is 4.74 Å². The molecule has 0 atom stereocenters. The van der Waals surface area contributed by atoms with E-state index < -0.39 is 11.6 Å². The maximum atomic E-state index is 14.2. The fraction of sp³-hybridized carbons (Fsp3) is 0.476. The molecule has 10 heteroatoms. The topological polar surface area (TPSA) is 63.5 Å². The first-order valence-electron chi connectivity index (χ1n) is 10.4. The van der Waals surface area contributed by atoms with Crippen molar-refractivity contribution in [2.45, 2.75) is 26.8 Å². The third kappa shape index (κ3) is 4.76. The number of thiazole rings is 1. The number of anilines is 1. The summed E-state index contributed by atoms with van der Waals surface area (Å²) in [6.45, 7) is 8.85. The molecule has 1 fully saturated rings. The van der Waals surface area contributed by atoms with Crippen LogP contribution >= 0.6 is 11.3 Å². The van der Waals surface area contributed by atoms with E-state index in [1.54, 1.807) is 10.7 Å². The Morgan fingerprint density at radius 2 is 2.03 bits per heavy atom. The normalized spacial score (nSPS) is 15.0. The Bertz CT molecular complexity index is 1080. The summed E-state index contributed by atoms with van der Waals surface area (Å²) in [5.74, 6) is -1.69. The van der Waals surface area contributed by atoms with Crippen LogP contribution in [0.1, 0.15) is 29.5 Å². The number of halogens is 2. The number of ether oxygens (including phenoxy) is 1. The van der Waals surface area contributed by atoms with Crippen LogP contribution in [0, 0.1) is 18.6 Å². The van der Waals surface area contributed by atoms with Gasteiger partial charge in [-0.25, -0.2) is 13.8 Å². The average molecular weight is 450 g/mol. The zero-order valence-corrected chi connectivity index (χ0v) is 18.4. The number of morpholine rings is 1. The fourth-order valence-corrected chi connectivity index (χ4v) is 4.72. The molecule has 0 N–H and O–H groups in total. The van der Waals surface area contributed by atoms with Gasteiger partial charge in [-0.3, -0.25) is 19.3 Å². The summed E-state index contributed by atoms with van der Waals surface area (Å²) in [7, 11) is 0. The molecule has 0 unspecified atom stereocenters. The van der Waals surface area contributed by atoms with Crippen molar-refractivity contribution >= 4 is 32.6 Å². The van der Waals surface area contributed by atoms with Crippen LogP contribution < -0.4 is 4.90 Å². The minimum Gasteiger partial charge on any atom is -0.379 e. The molecule has 7 nitrogen and oxygen atoms in total. The van der Waals surface area contributed by atoms with Crippen LogP contribution in [0.2, 0.25) is 0 Å². The molecule has 1 amide bonds. The van der Waals surface area contributed by atoms with Gasteiger partial charge in [0.2, 0.25) is 0 Å². The number of rotatable bonds is 7. The summed E-state index contributed by atoms with van der Waals surface area (Å²) < 4.78 is 35.4. The molecule has 166 valence electrons. The highest BCUT2D eigenvalue weighted by Gasteiger charge is 2.25. The molecule has 0 saturated carbocycles. The molecule has 0 bridgehead atoms. The van der Waals surface area contributed by atoms with Crippen LogP contribution in [0.3, 0.4) is 0 Å². The number of aromatic nitrogens is 3. The molecule has 0 spiro atoms. The van der Waals surface area contributed by atoms with E-state index in [1.807, 2.05) is 13.8 Å². The van der Waals surface area contributed by atoms with Crippen molar-refractivity contribution in [1.29, 1.82) is 0 Å². The largest absolute Gasteiger partial charge is 0.379 e. The summed E-state index contributed by atoms with van der Waals surface area (Å²) in [5.41, 5.74) is 1.27. The van der Waals surface area contributed by atoms with Gasteiger partial charge in [0.25, 0.3) is 5.91 Å². The lowest BCUT2D eigenvalue weighted by Crippen LogP contribution is -2.39. The van der Waals surface area contributed by atoms with Gasteiger partial charge < -0.3 is 4.74 Å². The Hall–Kier alpha value is -2.43. The molecule has 2 aromatic heterocycles. The van der Waals surface area contributed by atoms with Crippen molar-refractivity contribution in [3.05, 3.63) is 41.2 Å². The number of fused-ring (bicyclic) bond motifs is 1. The van der Waals surface area contributed by atoms with Crippen LogP contribution in [0.25, 0.3) is 10.2 Å². The molecule has 1 aliphatic rings. The summed E-state index contributed by atoms with van der Waals surface area (Å²) >= 11 is 1.11. The molecule has 1 aliphatic heterocycles. The van der Waals surface area contributed by atoms with Gasteiger partial charge in [0.15, 0.2) is 16.6 Å². The molecule has 4 rings (SSSR count). The summed E-state index contributed by atoms with van der Waals surface area (Å²) in [4.78, 5) is 21.5. The smallest absolute Gasteiger partial charge is 0.280 e. The van der Waals surface area contributed by atoms with E-state index in [1.165, 1.54) is 11.0 Å². The first kappa shape index (κ1) is 21.8. The minimum atomic E-state index is -0.732. The summed E-state index contributed by atoms with van der Waals surface area (Å²) in [6, 6.07) is 3.79. The first-order valence-corrected chi connectivity index (χ1v) is 11.2. The molecule has 3 heterocycles. The highest BCUT2D eigenvalue weighted by atomic mass is 32.1. The number of benzene rings is 1. The van der Waals surface area contributed by atoms with Crippen molar-refractivity contribution in [3.8, 4) is 0 Å². The van der Waals surface area contributed by atoms with E-state index in [2.05, 4.69) is 15.0 Å². The van der Waals surface area contributed by atoms with Crippen molar-refractivity contribution in [2.24, 2.45) is 0 Å². The van der Waals surface area contributed by atoms with Gasteiger partial charge in [-0.1, -0.05) is 11.3 Å². The van der Waals surface area contributed by atoms with Gasteiger partial charge in [-0.05, 0) is 32.4 Å². The van der Waals surface area contributed by atoms with E-state index in [0.29, 0.717) is 48.2 Å². The second-order valence-corrected chi connectivity index (χ2v) is 8.49. The maximum Gasteiger partial charge on any atom is 0.280 e. The average Bonchev–Trinajstić information content (AvgIpc) is 3.35. The molecule has 1 aromatic carbocycles. The van der Waals surface area contributed by atoms with E-state index in [9.17, 15) is 13.6 Å². The SMILES string of the molecule is CCn1nc(C(=O)N(CCCN2CCOCC2)c2nc3c(F)cc(F)cc3s2)cc1C. The van der Waals surface area contributed by atoms with Crippen LogP contribution in [0.4, 0.5) is 13.9 Å². The van der Waals surface area contributed by atoms with Crippen LogP contribution in [0.15, 0.2) is 18.2 Å². The first-order chi connectivity index (χ1) is 15.0. The fourth-order valence-electron chi connectivity index (χ4n) is 3.70. The van der Waals surface area contributed by atoms with Gasteiger partial charge in [0.1, 0.15) is 11.3 Å². The zero-order chi connectivity index (χ0) is 22.0. The monoisotopic (exact) mass is 449 g/mol. The van der Waals surface area contributed by atoms with Crippen molar-refractivity contribution < 1.29 is 18.3 Å². The Labute approximate surface area is 183 Å². The predicted molar refractivity (Wildman–Crippen MR) is 116 cm³/mol. The Morgan fingerprint density at radius 3 is 2.74 bits per heavy atom. The lowest BCUT2D eigenvalue weighted by atomic mass is 10.3. The standard InChI is InChI=1S/C21H25F2N5O2S/c1-3-28-14(2)11-17(25-28)20(29)27(6-4-5-26-7-9-30-10-8-26)21-24-19-16(23)12-15(22)13-18(19)31-21/h11-13H,3-10H2,1-2H3. The molecule has 0 radical (unpaired) electrons. The molecular weight excluding hydrogens is 424 g/mol. The lowest BCUT2D eigenvalue weighted by Gasteiger charge is -2.27. The van der Waals surface area contributed by atoms with Gasteiger partial charge in [0.05, 0.1) is 17.9 Å². The molecule has 3 aromatic rings. The Balaban J connectivity index is 1.61. The number of carbonyl (C=O) groups excluding carboxylic acids is 1. The third-order valence-corrected chi connectivity index (χ3v) is 6.36. The predicted octanol–water partition coefficient (Wildman–Crippen LogP) is 3.47.